The van der Waals surface area contributed by atoms with E-state index in [-0.39, 0.29) is 0 Å². The molecule has 2 aromatic carbocycles. The summed E-state index contributed by atoms with van der Waals surface area (Å²) in [7, 11) is 0. The van der Waals surface area contributed by atoms with Gasteiger partial charge in [-0.15, -0.1) is 0 Å². The van der Waals surface area contributed by atoms with Crippen LogP contribution in [0, 0.1) is 6.92 Å². The summed E-state index contributed by atoms with van der Waals surface area (Å²) in [5, 5.41) is 15.3. The van der Waals surface area contributed by atoms with Crippen molar-refractivity contribution in [3.63, 3.8) is 0 Å². The molecule has 4 heteroatoms. The molecule has 0 aliphatic carbocycles. The number of piperidine rings is 1. The fraction of sp³-hybridized carbons (Fsp3) is 0.318. The zero-order valence-electron chi connectivity index (χ0n) is 15.2. The Morgan fingerprint density at radius 2 is 1.81 bits per heavy atom. The summed E-state index contributed by atoms with van der Waals surface area (Å²) in [6.07, 6.45) is 5.30. The van der Waals surface area contributed by atoms with Gasteiger partial charge in [0.15, 0.2) is 0 Å². The van der Waals surface area contributed by atoms with Gasteiger partial charge >= 0.3 is 0 Å². The zero-order chi connectivity index (χ0) is 18.0. The Labute approximate surface area is 154 Å². The Hall–Kier alpha value is -2.43. The largest absolute Gasteiger partial charge is 0.385 e. The monoisotopic (exact) mass is 347 g/mol. The molecule has 0 atom stereocenters. The summed E-state index contributed by atoms with van der Waals surface area (Å²) in [5.74, 6) is 0. The van der Waals surface area contributed by atoms with Crippen LogP contribution in [-0.2, 0) is 12.1 Å². The number of aryl methyl sites for hydroxylation is 1. The number of benzene rings is 2. The third-order valence-corrected chi connectivity index (χ3v) is 5.35. The first-order valence-electron chi connectivity index (χ1n) is 9.23. The van der Waals surface area contributed by atoms with E-state index in [2.05, 4.69) is 59.4 Å². The minimum Gasteiger partial charge on any atom is -0.385 e. The lowest BCUT2D eigenvalue weighted by molar-refractivity contribution is -0.0277. The molecule has 1 aliphatic rings. The number of hydrogen-bond donors (Lipinski definition) is 1. The summed E-state index contributed by atoms with van der Waals surface area (Å²) in [6, 6.07) is 18.8. The molecule has 0 unspecified atom stereocenters. The molecule has 0 bridgehead atoms. The molecule has 1 aliphatic heterocycles. The molecule has 3 aromatic rings. The highest BCUT2D eigenvalue weighted by Gasteiger charge is 2.33. The van der Waals surface area contributed by atoms with Crippen molar-refractivity contribution >= 4 is 0 Å². The average molecular weight is 347 g/mol. The molecule has 134 valence electrons. The SMILES string of the molecule is Cc1cccc(C2(O)CCN(Cc3ccc(-n4cccn4)cc3)CC2)c1. The molecule has 0 saturated carbocycles. The van der Waals surface area contributed by atoms with Crippen LogP contribution in [0.25, 0.3) is 5.69 Å². The quantitative estimate of drug-likeness (QED) is 0.783. The van der Waals surface area contributed by atoms with Gasteiger partial charge in [-0.05, 0) is 49.1 Å². The topological polar surface area (TPSA) is 41.3 Å². The van der Waals surface area contributed by atoms with Crippen LogP contribution in [0.3, 0.4) is 0 Å². The van der Waals surface area contributed by atoms with Gasteiger partial charge in [0.1, 0.15) is 0 Å². The van der Waals surface area contributed by atoms with E-state index in [1.165, 1.54) is 11.1 Å². The van der Waals surface area contributed by atoms with E-state index in [0.29, 0.717) is 0 Å². The molecule has 1 aromatic heterocycles. The predicted octanol–water partition coefficient (Wildman–Crippen LogP) is 3.66. The summed E-state index contributed by atoms with van der Waals surface area (Å²) in [5.41, 5.74) is 3.94. The molecular weight excluding hydrogens is 322 g/mol. The van der Waals surface area contributed by atoms with Gasteiger partial charge in [-0.1, -0.05) is 42.0 Å². The number of nitrogens with zero attached hydrogens (tertiary/aromatic N) is 3. The second-order valence-electron chi connectivity index (χ2n) is 7.29. The highest BCUT2D eigenvalue weighted by atomic mass is 16.3. The Morgan fingerprint density at radius 3 is 2.46 bits per heavy atom. The second-order valence-corrected chi connectivity index (χ2v) is 7.29. The molecular formula is C22H25N3O. The summed E-state index contributed by atoms with van der Waals surface area (Å²) < 4.78 is 1.87. The van der Waals surface area contributed by atoms with Crippen molar-refractivity contribution in [2.75, 3.05) is 13.1 Å². The van der Waals surface area contributed by atoms with Gasteiger partial charge in [-0.25, -0.2) is 4.68 Å². The average Bonchev–Trinajstić information content (AvgIpc) is 3.19. The van der Waals surface area contributed by atoms with Crippen molar-refractivity contribution in [3.05, 3.63) is 83.7 Å². The Bertz CT molecular complexity index is 847. The van der Waals surface area contributed by atoms with Crippen molar-refractivity contribution in [1.29, 1.82) is 0 Å². The third kappa shape index (κ3) is 3.57. The van der Waals surface area contributed by atoms with Crippen LogP contribution in [-0.4, -0.2) is 32.9 Å². The first-order chi connectivity index (χ1) is 12.6. The molecule has 0 amide bonds. The van der Waals surface area contributed by atoms with E-state index in [0.717, 1.165) is 43.7 Å². The third-order valence-electron chi connectivity index (χ3n) is 5.35. The molecule has 26 heavy (non-hydrogen) atoms. The van der Waals surface area contributed by atoms with Crippen LogP contribution in [0.2, 0.25) is 0 Å². The van der Waals surface area contributed by atoms with Crippen molar-refractivity contribution in [2.24, 2.45) is 0 Å². The number of aliphatic hydroxyl groups is 1. The standard InChI is InChI=1S/C22H25N3O/c1-18-4-2-5-20(16-18)22(26)10-14-24(15-11-22)17-19-6-8-21(9-7-19)25-13-3-12-23-25/h2-9,12-13,16,26H,10-11,14-15,17H2,1H3. The van der Waals surface area contributed by atoms with Crippen LogP contribution in [0.5, 0.6) is 0 Å². The van der Waals surface area contributed by atoms with E-state index in [1.807, 2.05) is 23.0 Å². The van der Waals surface area contributed by atoms with Gasteiger partial charge in [0.25, 0.3) is 0 Å². The fourth-order valence-electron chi connectivity index (χ4n) is 3.74. The van der Waals surface area contributed by atoms with Crippen LogP contribution in [0.4, 0.5) is 0 Å². The lowest BCUT2D eigenvalue weighted by Gasteiger charge is -2.38. The van der Waals surface area contributed by atoms with Crippen LogP contribution in [0.1, 0.15) is 29.5 Å². The number of hydrogen-bond acceptors (Lipinski definition) is 3. The van der Waals surface area contributed by atoms with E-state index in [1.54, 1.807) is 6.20 Å². The van der Waals surface area contributed by atoms with Gasteiger partial charge in [-0.3, -0.25) is 4.90 Å². The van der Waals surface area contributed by atoms with E-state index < -0.39 is 5.60 Å². The van der Waals surface area contributed by atoms with Crippen LogP contribution < -0.4 is 0 Å². The predicted molar refractivity (Wildman–Crippen MR) is 103 cm³/mol. The number of likely N-dealkylation sites (tertiary alicyclic amines) is 1. The first-order valence-corrected chi connectivity index (χ1v) is 9.23. The number of aromatic nitrogens is 2. The Balaban J connectivity index is 1.38. The minimum atomic E-state index is -0.688. The van der Waals surface area contributed by atoms with Gasteiger partial charge in [0.05, 0.1) is 11.3 Å². The van der Waals surface area contributed by atoms with E-state index >= 15 is 0 Å². The second kappa shape index (κ2) is 7.06. The van der Waals surface area contributed by atoms with Gasteiger partial charge in [0.2, 0.25) is 0 Å². The maximum absolute atomic E-state index is 11.1. The molecule has 1 fully saturated rings. The fourth-order valence-corrected chi connectivity index (χ4v) is 3.74. The van der Waals surface area contributed by atoms with Crippen LogP contribution >= 0.6 is 0 Å². The summed E-state index contributed by atoms with van der Waals surface area (Å²) >= 11 is 0. The minimum absolute atomic E-state index is 0.688. The highest BCUT2D eigenvalue weighted by Crippen LogP contribution is 2.33. The lowest BCUT2D eigenvalue weighted by atomic mass is 9.84. The van der Waals surface area contributed by atoms with Gasteiger partial charge < -0.3 is 5.11 Å². The van der Waals surface area contributed by atoms with Crippen molar-refractivity contribution < 1.29 is 5.11 Å². The first kappa shape index (κ1) is 17.0. The van der Waals surface area contributed by atoms with E-state index in [4.69, 9.17) is 0 Å². The molecule has 4 rings (SSSR count). The Morgan fingerprint density at radius 1 is 1.04 bits per heavy atom. The molecule has 1 saturated heterocycles. The molecule has 4 nitrogen and oxygen atoms in total. The number of rotatable bonds is 4. The highest BCUT2D eigenvalue weighted by molar-refractivity contribution is 5.34. The smallest absolute Gasteiger partial charge is 0.0921 e. The Kier molecular flexibility index (Phi) is 4.62. The van der Waals surface area contributed by atoms with Gasteiger partial charge in [-0.2, -0.15) is 5.10 Å². The zero-order valence-corrected chi connectivity index (χ0v) is 15.2. The molecule has 0 radical (unpaired) electrons. The van der Waals surface area contributed by atoms with E-state index in [9.17, 15) is 5.11 Å². The molecule has 0 spiro atoms. The lowest BCUT2D eigenvalue weighted by Crippen LogP contribution is -2.42. The van der Waals surface area contributed by atoms with Crippen molar-refractivity contribution in [2.45, 2.75) is 31.9 Å². The van der Waals surface area contributed by atoms with Crippen molar-refractivity contribution in [3.8, 4) is 5.69 Å². The van der Waals surface area contributed by atoms with Crippen LogP contribution in [0.15, 0.2) is 67.0 Å². The summed E-state index contributed by atoms with van der Waals surface area (Å²) in [6.45, 7) is 4.81. The maximum atomic E-state index is 11.1. The molecule has 1 N–H and O–H groups in total. The van der Waals surface area contributed by atoms with Crippen molar-refractivity contribution in [1.82, 2.24) is 14.7 Å². The summed E-state index contributed by atoms with van der Waals surface area (Å²) in [4.78, 5) is 2.42. The normalized spacial score (nSPS) is 17.3. The maximum Gasteiger partial charge on any atom is 0.0921 e. The molecule has 2 heterocycles. The van der Waals surface area contributed by atoms with Gasteiger partial charge in [0, 0.05) is 32.0 Å².